The molecule has 6 nitrogen and oxygen atoms in total. The number of benzene rings is 2. The Morgan fingerprint density at radius 3 is 2.64 bits per heavy atom. The van der Waals surface area contributed by atoms with Crippen LogP contribution in [0.3, 0.4) is 0 Å². The number of hydrogen-bond donors (Lipinski definition) is 1. The molecule has 0 amide bonds. The molecule has 0 spiro atoms. The van der Waals surface area contributed by atoms with Crippen molar-refractivity contribution in [1.29, 1.82) is 0 Å². The van der Waals surface area contributed by atoms with Gasteiger partial charge in [0.2, 0.25) is 18.3 Å². The molecule has 130 valence electrons. The van der Waals surface area contributed by atoms with E-state index < -0.39 is 0 Å². The van der Waals surface area contributed by atoms with Crippen LogP contribution in [-0.2, 0) is 0 Å². The Hall–Kier alpha value is -2.86. The number of anilines is 1. The summed E-state index contributed by atoms with van der Waals surface area (Å²) < 4.78 is 21.1. The van der Waals surface area contributed by atoms with Crippen molar-refractivity contribution in [3.63, 3.8) is 0 Å². The van der Waals surface area contributed by atoms with Crippen molar-refractivity contribution in [2.24, 2.45) is 0 Å². The standard InChI is InChI=1S/C18H16ClNO5/c1-22-14-8-11(3-4-13(14)20)17(21)12(19)5-10-6-15(23-2)18-16(7-10)24-9-25-18/h3-8H,9,20H2,1-2H3. The third-order valence-electron chi connectivity index (χ3n) is 3.69. The van der Waals surface area contributed by atoms with Gasteiger partial charge in [-0.1, -0.05) is 11.6 Å². The topological polar surface area (TPSA) is 80.0 Å². The van der Waals surface area contributed by atoms with Crippen molar-refractivity contribution in [3.8, 4) is 23.0 Å². The van der Waals surface area contributed by atoms with Crippen molar-refractivity contribution in [3.05, 3.63) is 46.5 Å². The molecule has 0 bridgehead atoms. The molecule has 0 unspecified atom stereocenters. The molecular weight excluding hydrogens is 346 g/mol. The number of fused-ring (bicyclic) bond motifs is 1. The lowest BCUT2D eigenvalue weighted by atomic mass is 10.1. The Morgan fingerprint density at radius 2 is 1.92 bits per heavy atom. The van der Waals surface area contributed by atoms with Gasteiger partial charge in [-0.2, -0.15) is 0 Å². The average molecular weight is 362 g/mol. The van der Waals surface area contributed by atoms with Gasteiger partial charge >= 0.3 is 0 Å². The number of halogens is 1. The maximum Gasteiger partial charge on any atom is 0.231 e. The zero-order valence-corrected chi connectivity index (χ0v) is 14.4. The third-order valence-corrected chi connectivity index (χ3v) is 3.97. The number of carbonyl (C=O) groups is 1. The number of hydrogen-bond acceptors (Lipinski definition) is 6. The SMILES string of the molecule is COc1cc(C(=O)C(Cl)=Cc2cc(OC)c3c(c2)OCO3)ccc1N. The van der Waals surface area contributed by atoms with Gasteiger partial charge in [0, 0.05) is 5.56 Å². The molecule has 25 heavy (non-hydrogen) atoms. The summed E-state index contributed by atoms with van der Waals surface area (Å²) in [5.41, 5.74) is 7.23. The van der Waals surface area contributed by atoms with E-state index in [0.717, 1.165) is 0 Å². The number of carbonyl (C=O) groups excluding carboxylic acids is 1. The fourth-order valence-electron chi connectivity index (χ4n) is 2.44. The van der Waals surface area contributed by atoms with Crippen LogP contribution in [0.4, 0.5) is 5.69 Å². The molecule has 1 aliphatic rings. The van der Waals surface area contributed by atoms with Gasteiger partial charge in [-0.05, 0) is 42.0 Å². The van der Waals surface area contributed by atoms with E-state index in [9.17, 15) is 4.79 Å². The number of Topliss-reactive ketones (excluding diaryl/α,β-unsaturated/α-hetero) is 1. The van der Waals surface area contributed by atoms with Crippen molar-refractivity contribution < 1.29 is 23.7 Å². The molecule has 0 atom stereocenters. The molecule has 2 N–H and O–H groups in total. The Balaban J connectivity index is 1.92. The second kappa shape index (κ2) is 6.94. The number of nitrogens with two attached hydrogens (primary N) is 1. The number of allylic oxidation sites excluding steroid dienone is 1. The van der Waals surface area contributed by atoms with E-state index in [1.54, 1.807) is 30.3 Å². The van der Waals surface area contributed by atoms with Crippen LogP contribution in [0.5, 0.6) is 23.0 Å². The Morgan fingerprint density at radius 1 is 1.16 bits per heavy atom. The molecule has 0 saturated carbocycles. The number of rotatable bonds is 5. The highest BCUT2D eigenvalue weighted by molar-refractivity contribution is 6.47. The summed E-state index contributed by atoms with van der Waals surface area (Å²) in [6.07, 6.45) is 1.54. The fourth-order valence-corrected chi connectivity index (χ4v) is 2.67. The van der Waals surface area contributed by atoms with Gasteiger partial charge in [0.25, 0.3) is 0 Å². The molecule has 0 saturated heterocycles. The lowest BCUT2D eigenvalue weighted by Gasteiger charge is -2.08. The van der Waals surface area contributed by atoms with E-state index in [0.29, 0.717) is 39.8 Å². The smallest absolute Gasteiger partial charge is 0.231 e. The van der Waals surface area contributed by atoms with E-state index in [1.165, 1.54) is 20.3 Å². The first kappa shape index (κ1) is 17.0. The summed E-state index contributed by atoms with van der Waals surface area (Å²) in [4.78, 5) is 12.5. The number of nitrogen functional groups attached to an aromatic ring is 1. The van der Waals surface area contributed by atoms with Crippen molar-refractivity contribution >= 4 is 29.1 Å². The fraction of sp³-hybridized carbons (Fsp3) is 0.167. The van der Waals surface area contributed by atoms with Gasteiger partial charge in [0.05, 0.1) is 24.9 Å². The van der Waals surface area contributed by atoms with Crippen molar-refractivity contribution in [1.82, 2.24) is 0 Å². The molecular formula is C18H16ClNO5. The Bertz CT molecular complexity index is 863. The zero-order valence-electron chi connectivity index (χ0n) is 13.7. The molecule has 1 heterocycles. The number of methoxy groups -OCH3 is 2. The Labute approximate surface area is 149 Å². The van der Waals surface area contributed by atoms with Gasteiger partial charge in [0.1, 0.15) is 5.75 Å². The highest BCUT2D eigenvalue weighted by Gasteiger charge is 2.20. The van der Waals surface area contributed by atoms with Crippen molar-refractivity contribution in [2.75, 3.05) is 26.7 Å². The van der Waals surface area contributed by atoms with Crippen LogP contribution in [0.2, 0.25) is 0 Å². The minimum absolute atomic E-state index is 0.0349. The Kier molecular flexibility index (Phi) is 4.72. The molecule has 0 radical (unpaired) electrons. The minimum atomic E-state index is -0.350. The van der Waals surface area contributed by atoms with Gasteiger partial charge in [-0.3, -0.25) is 4.79 Å². The number of ether oxygens (including phenoxy) is 4. The first-order chi connectivity index (χ1) is 12.0. The maximum absolute atomic E-state index is 12.5. The first-order valence-corrected chi connectivity index (χ1v) is 7.74. The zero-order chi connectivity index (χ0) is 18.0. The van der Waals surface area contributed by atoms with E-state index >= 15 is 0 Å². The predicted molar refractivity (Wildman–Crippen MR) is 94.7 cm³/mol. The predicted octanol–water partition coefficient (Wildman–Crippen LogP) is 3.48. The van der Waals surface area contributed by atoms with Gasteiger partial charge in [-0.25, -0.2) is 0 Å². The lowest BCUT2D eigenvalue weighted by molar-refractivity contribution is 0.104. The molecule has 3 rings (SSSR count). The van der Waals surface area contributed by atoms with Crippen LogP contribution >= 0.6 is 11.6 Å². The summed E-state index contributed by atoms with van der Waals surface area (Å²) in [5.74, 6) is 1.64. The first-order valence-electron chi connectivity index (χ1n) is 7.36. The van der Waals surface area contributed by atoms with Gasteiger partial charge < -0.3 is 24.7 Å². The normalized spacial score (nSPS) is 12.8. The molecule has 7 heteroatoms. The summed E-state index contributed by atoms with van der Waals surface area (Å²) in [6, 6.07) is 8.18. The number of ketones is 1. The molecule has 2 aromatic carbocycles. The van der Waals surface area contributed by atoms with Crippen molar-refractivity contribution in [2.45, 2.75) is 0 Å². The monoisotopic (exact) mass is 361 g/mol. The van der Waals surface area contributed by atoms with E-state index in [1.807, 2.05) is 0 Å². The largest absolute Gasteiger partial charge is 0.495 e. The third kappa shape index (κ3) is 3.34. The molecule has 0 aliphatic carbocycles. The second-order valence-electron chi connectivity index (χ2n) is 5.24. The van der Waals surface area contributed by atoms with Crippen LogP contribution in [0.25, 0.3) is 6.08 Å². The van der Waals surface area contributed by atoms with Crippen LogP contribution in [-0.4, -0.2) is 26.8 Å². The summed E-state index contributed by atoms with van der Waals surface area (Å²) in [6.45, 7) is 0.122. The minimum Gasteiger partial charge on any atom is -0.495 e. The highest BCUT2D eigenvalue weighted by Crippen LogP contribution is 2.42. The van der Waals surface area contributed by atoms with E-state index in [-0.39, 0.29) is 17.6 Å². The summed E-state index contributed by atoms with van der Waals surface area (Å²) >= 11 is 6.21. The van der Waals surface area contributed by atoms with Crippen LogP contribution in [0.15, 0.2) is 35.4 Å². The lowest BCUT2D eigenvalue weighted by Crippen LogP contribution is -2.01. The summed E-state index contributed by atoms with van der Waals surface area (Å²) in [7, 11) is 3.01. The summed E-state index contributed by atoms with van der Waals surface area (Å²) in [5, 5.41) is 0.0349. The van der Waals surface area contributed by atoms with Crippen LogP contribution in [0, 0.1) is 0 Å². The molecule has 0 aromatic heterocycles. The quantitative estimate of drug-likeness (QED) is 0.499. The molecule has 1 aliphatic heterocycles. The van der Waals surface area contributed by atoms with Gasteiger partial charge in [0.15, 0.2) is 11.5 Å². The van der Waals surface area contributed by atoms with E-state index in [4.69, 9.17) is 36.3 Å². The second-order valence-corrected chi connectivity index (χ2v) is 5.64. The average Bonchev–Trinajstić information content (AvgIpc) is 3.09. The molecule has 0 fully saturated rings. The maximum atomic E-state index is 12.5. The molecule has 2 aromatic rings. The van der Waals surface area contributed by atoms with Crippen LogP contribution in [0.1, 0.15) is 15.9 Å². The highest BCUT2D eigenvalue weighted by atomic mass is 35.5. The van der Waals surface area contributed by atoms with Crippen LogP contribution < -0.4 is 24.7 Å². The van der Waals surface area contributed by atoms with Gasteiger partial charge in [-0.15, -0.1) is 0 Å². The van der Waals surface area contributed by atoms with E-state index in [2.05, 4.69) is 0 Å².